The second-order valence-electron chi connectivity index (χ2n) is 6.57. The number of carbonyl (C=O) groups excluding carboxylic acids is 1. The molecule has 3 rings (SSSR count). The highest BCUT2D eigenvalue weighted by Crippen LogP contribution is 2.23. The molecular formula is C20H23ClN2O2. The van der Waals surface area contributed by atoms with E-state index in [4.69, 9.17) is 11.6 Å². The summed E-state index contributed by atoms with van der Waals surface area (Å²) in [6.07, 6.45) is 0.916. The molecule has 25 heavy (non-hydrogen) atoms. The summed E-state index contributed by atoms with van der Waals surface area (Å²) in [7, 11) is 0. The van der Waals surface area contributed by atoms with Crippen LogP contribution in [0.1, 0.15) is 27.9 Å². The number of amides is 1. The van der Waals surface area contributed by atoms with Crippen LogP contribution in [0.25, 0.3) is 0 Å². The Balaban J connectivity index is 1.64. The van der Waals surface area contributed by atoms with Gasteiger partial charge in [0.1, 0.15) is 5.75 Å². The number of phenols is 1. The molecule has 4 nitrogen and oxygen atoms in total. The van der Waals surface area contributed by atoms with Gasteiger partial charge in [0.25, 0.3) is 5.91 Å². The van der Waals surface area contributed by atoms with Crippen LogP contribution >= 0.6 is 11.6 Å². The van der Waals surface area contributed by atoms with Gasteiger partial charge in [-0.15, -0.1) is 0 Å². The van der Waals surface area contributed by atoms with Crippen molar-refractivity contribution in [3.05, 3.63) is 64.2 Å². The number of phenolic OH excluding ortho intramolecular Hbond substituents is 1. The number of hydrogen-bond acceptors (Lipinski definition) is 3. The van der Waals surface area contributed by atoms with E-state index < -0.39 is 0 Å². The third kappa shape index (κ3) is 4.53. The van der Waals surface area contributed by atoms with Crippen molar-refractivity contribution in [3.63, 3.8) is 0 Å². The normalized spacial score (nSPS) is 15.8. The van der Waals surface area contributed by atoms with Crippen LogP contribution in [-0.4, -0.2) is 47.0 Å². The van der Waals surface area contributed by atoms with E-state index in [1.807, 2.05) is 0 Å². The molecule has 132 valence electrons. The molecular weight excluding hydrogens is 336 g/mol. The molecule has 1 N–H and O–H groups in total. The zero-order valence-electron chi connectivity index (χ0n) is 14.4. The van der Waals surface area contributed by atoms with Crippen LogP contribution in [0.3, 0.4) is 0 Å². The van der Waals surface area contributed by atoms with Crippen LogP contribution < -0.4 is 0 Å². The van der Waals surface area contributed by atoms with E-state index in [2.05, 4.69) is 36.1 Å². The topological polar surface area (TPSA) is 43.8 Å². The molecule has 0 radical (unpaired) electrons. The average Bonchev–Trinajstić information content (AvgIpc) is 2.84. The summed E-state index contributed by atoms with van der Waals surface area (Å²) in [5.41, 5.74) is 2.83. The summed E-state index contributed by atoms with van der Waals surface area (Å²) < 4.78 is 0. The van der Waals surface area contributed by atoms with Crippen LogP contribution in [0.15, 0.2) is 42.5 Å². The standard InChI is InChI=1S/C20H23ClN2O2/c1-15-3-5-16(6-4-15)14-22-9-2-10-23(12-11-22)20(25)18-13-17(21)7-8-19(18)24/h3-8,13,24H,2,9-12,14H2,1H3. The molecule has 1 fully saturated rings. The molecule has 1 aliphatic heterocycles. The third-order valence-corrected chi connectivity index (χ3v) is 4.83. The summed E-state index contributed by atoms with van der Waals surface area (Å²) >= 11 is 5.97. The Morgan fingerprint density at radius 3 is 2.60 bits per heavy atom. The molecule has 0 saturated carbocycles. The van der Waals surface area contributed by atoms with E-state index in [0.717, 1.165) is 26.1 Å². The lowest BCUT2D eigenvalue weighted by molar-refractivity contribution is 0.0758. The van der Waals surface area contributed by atoms with E-state index in [1.54, 1.807) is 11.0 Å². The van der Waals surface area contributed by atoms with Gasteiger partial charge in [-0.2, -0.15) is 0 Å². The van der Waals surface area contributed by atoms with Crippen molar-refractivity contribution in [1.82, 2.24) is 9.80 Å². The lowest BCUT2D eigenvalue weighted by atomic mass is 10.1. The Kier molecular flexibility index (Phi) is 5.61. The number of benzene rings is 2. The number of aryl methyl sites for hydroxylation is 1. The fourth-order valence-electron chi connectivity index (χ4n) is 3.13. The first-order chi connectivity index (χ1) is 12.0. The van der Waals surface area contributed by atoms with Crippen LogP contribution in [0.5, 0.6) is 5.75 Å². The summed E-state index contributed by atoms with van der Waals surface area (Å²) in [6, 6.07) is 13.2. The molecule has 1 amide bonds. The predicted molar refractivity (Wildman–Crippen MR) is 100 cm³/mol. The minimum atomic E-state index is -0.155. The third-order valence-electron chi connectivity index (χ3n) is 4.59. The fourth-order valence-corrected chi connectivity index (χ4v) is 3.31. The second kappa shape index (κ2) is 7.89. The summed E-state index contributed by atoms with van der Waals surface area (Å²) in [5, 5.41) is 10.4. The highest BCUT2D eigenvalue weighted by atomic mass is 35.5. The molecule has 5 heteroatoms. The zero-order valence-corrected chi connectivity index (χ0v) is 15.2. The first-order valence-electron chi connectivity index (χ1n) is 8.58. The number of halogens is 1. The molecule has 1 heterocycles. The number of aromatic hydroxyl groups is 1. The lowest BCUT2D eigenvalue weighted by Gasteiger charge is -2.22. The monoisotopic (exact) mass is 358 g/mol. The van der Waals surface area contributed by atoms with Crippen LogP contribution in [0, 0.1) is 6.92 Å². The zero-order chi connectivity index (χ0) is 17.8. The Morgan fingerprint density at radius 2 is 1.84 bits per heavy atom. The van der Waals surface area contributed by atoms with Crippen molar-refractivity contribution in [2.75, 3.05) is 26.2 Å². The molecule has 0 spiro atoms. The SMILES string of the molecule is Cc1ccc(CN2CCCN(C(=O)c3cc(Cl)ccc3O)CC2)cc1. The van der Waals surface area contributed by atoms with Crippen molar-refractivity contribution in [3.8, 4) is 5.75 Å². The van der Waals surface area contributed by atoms with E-state index in [1.165, 1.54) is 23.3 Å². The number of hydrogen-bond donors (Lipinski definition) is 1. The molecule has 0 atom stereocenters. The maximum atomic E-state index is 12.7. The Morgan fingerprint density at radius 1 is 1.08 bits per heavy atom. The first-order valence-corrected chi connectivity index (χ1v) is 8.96. The first kappa shape index (κ1) is 17.8. The van der Waals surface area contributed by atoms with E-state index in [-0.39, 0.29) is 17.2 Å². The minimum Gasteiger partial charge on any atom is -0.507 e. The average molecular weight is 359 g/mol. The van der Waals surface area contributed by atoms with Gasteiger partial charge in [-0.05, 0) is 37.1 Å². The molecule has 1 aliphatic rings. The number of nitrogens with zero attached hydrogens (tertiary/aromatic N) is 2. The largest absolute Gasteiger partial charge is 0.507 e. The molecule has 2 aromatic rings. The quantitative estimate of drug-likeness (QED) is 0.909. The van der Waals surface area contributed by atoms with Crippen LogP contribution in [0.2, 0.25) is 5.02 Å². The van der Waals surface area contributed by atoms with E-state index in [9.17, 15) is 9.90 Å². The lowest BCUT2D eigenvalue weighted by Crippen LogP contribution is -2.35. The van der Waals surface area contributed by atoms with Crippen molar-refractivity contribution in [2.45, 2.75) is 19.9 Å². The molecule has 0 aliphatic carbocycles. The van der Waals surface area contributed by atoms with E-state index >= 15 is 0 Å². The van der Waals surface area contributed by atoms with Gasteiger partial charge in [0.15, 0.2) is 0 Å². The van der Waals surface area contributed by atoms with Crippen LogP contribution in [-0.2, 0) is 6.54 Å². The van der Waals surface area contributed by atoms with Crippen molar-refractivity contribution in [2.24, 2.45) is 0 Å². The second-order valence-corrected chi connectivity index (χ2v) is 7.01. The van der Waals surface area contributed by atoms with Gasteiger partial charge < -0.3 is 10.0 Å². The maximum absolute atomic E-state index is 12.7. The summed E-state index contributed by atoms with van der Waals surface area (Å²) in [6.45, 7) is 6.10. The van der Waals surface area contributed by atoms with Gasteiger partial charge in [-0.1, -0.05) is 41.4 Å². The van der Waals surface area contributed by atoms with E-state index in [0.29, 0.717) is 18.1 Å². The fraction of sp³-hybridized carbons (Fsp3) is 0.350. The van der Waals surface area contributed by atoms with Gasteiger partial charge in [-0.3, -0.25) is 9.69 Å². The van der Waals surface area contributed by atoms with Crippen molar-refractivity contribution in [1.29, 1.82) is 0 Å². The number of carbonyl (C=O) groups is 1. The predicted octanol–water partition coefficient (Wildman–Crippen LogP) is 3.70. The molecule has 0 bridgehead atoms. The molecule has 1 saturated heterocycles. The molecule has 2 aromatic carbocycles. The van der Waals surface area contributed by atoms with Crippen LogP contribution in [0.4, 0.5) is 0 Å². The minimum absolute atomic E-state index is 0.0184. The Labute approximate surface area is 153 Å². The smallest absolute Gasteiger partial charge is 0.257 e. The Bertz CT molecular complexity index is 746. The summed E-state index contributed by atoms with van der Waals surface area (Å²) in [5.74, 6) is -0.174. The highest BCUT2D eigenvalue weighted by molar-refractivity contribution is 6.31. The van der Waals surface area contributed by atoms with Crippen molar-refractivity contribution >= 4 is 17.5 Å². The van der Waals surface area contributed by atoms with Gasteiger partial charge in [0.05, 0.1) is 5.56 Å². The highest BCUT2D eigenvalue weighted by Gasteiger charge is 2.22. The van der Waals surface area contributed by atoms with Gasteiger partial charge in [-0.25, -0.2) is 0 Å². The van der Waals surface area contributed by atoms with Gasteiger partial charge >= 0.3 is 0 Å². The van der Waals surface area contributed by atoms with Gasteiger partial charge in [0, 0.05) is 37.7 Å². The molecule has 0 unspecified atom stereocenters. The number of rotatable bonds is 3. The summed E-state index contributed by atoms with van der Waals surface area (Å²) in [4.78, 5) is 16.9. The van der Waals surface area contributed by atoms with Crippen molar-refractivity contribution < 1.29 is 9.90 Å². The maximum Gasteiger partial charge on any atom is 0.257 e. The Hall–Kier alpha value is -2.04. The van der Waals surface area contributed by atoms with Gasteiger partial charge in [0.2, 0.25) is 0 Å². The molecule has 0 aromatic heterocycles.